The highest BCUT2D eigenvalue weighted by Gasteiger charge is 2.15. The smallest absolute Gasteiger partial charge is 0.162 e. The molecular weight excluding hydrogens is 238 g/mol. The van der Waals surface area contributed by atoms with Gasteiger partial charge in [-0.15, -0.1) is 0 Å². The molecule has 0 aliphatic rings. The lowest BCUT2D eigenvalue weighted by molar-refractivity contribution is 0.171. The summed E-state index contributed by atoms with van der Waals surface area (Å²) in [6.07, 6.45) is 1.90. The van der Waals surface area contributed by atoms with Crippen molar-refractivity contribution in [3.05, 3.63) is 59.2 Å². The molecule has 0 saturated heterocycles. The van der Waals surface area contributed by atoms with Gasteiger partial charge in [0.15, 0.2) is 11.6 Å². The van der Waals surface area contributed by atoms with E-state index in [2.05, 4.69) is 9.97 Å². The van der Waals surface area contributed by atoms with Gasteiger partial charge in [0.1, 0.15) is 6.10 Å². The minimum atomic E-state index is -1.01. The zero-order chi connectivity index (χ0) is 13.1. The van der Waals surface area contributed by atoms with E-state index in [-0.39, 0.29) is 12.0 Å². The topological polar surface area (TPSA) is 46.0 Å². The van der Waals surface area contributed by atoms with Crippen LogP contribution in [-0.4, -0.2) is 15.1 Å². The molecule has 0 spiro atoms. The van der Waals surface area contributed by atoms with Crippen molar-refractivity contribution in [1.82, 2.24) is 9.97 Å². The number of rotatable bonds is 3. The summed E-state index contributed by atoms with van der Waals surface area (Å²) in [5.41, 5.74) is 1.18. The molecule has 5 heteroatoms. The standard InChI is InChI=1S/C13H12F2N2O/c1-8-6-17-11(7-16-8)12(18)5-9-3-2-4-10(14)13(9)15/h2-4,6-7,12,18H,5H2,1H3. The zero-order valence-corrected chi connectivity index (χ0v) is 9.77. The molecule has 0 aliphatic carbocycles. The van der Waals surface area contributed by atoms with Crippen LogP contribution in [0.2, 0.25) is 0 Å². The van der Waals surface area contributed by atoms with Crippen molar-refractivity contribution < 1.29 is 13.9 Å². The Balaban J connectivity index is 2.18. The molecule has 94 valence electrons. The van der Waals surface area contributed by atoms with Crippen LogP contribution in [0, 0.1) is 18.6 Å². The van der Waals surface area contributed by atoms with Gasteiger partial charge in [0, 0.05) is 12.6 Å². The Kier molecular flexibility index (Phi) is 3.62. The highest BCUT2D eigenvalue weighted by molar-refractivity contribution is 5.21. The Bertz CT molecular complexity index is 543. The van der Waals surface area contributed by atoms with E-state index in [0.29, 0.717) is 5.69 Å². The predicted molar refractivity (Wildman–Crippen MR) is 61.8 cm³/mol. The van der Waals surface area contributed by atoms with Gasteiger partial charge in [-0.05, 0) is 18.6 Å². The molecular formula is C13H12F2N2O. The van der Waals surface area contributed by atoms with Gasteiger partial charge < -0.3 is 5.11 Å². The van der Waals surface area contributed by atoms with Crippen LogP contribution < -0.4 is 0 Å². The Morgan fingerprint density at radius 1 is 1.22 bits per heavy atom. The largest absolute Gasteiger partial charge is 0.386 e. The fourth-order valence-corrected chi connectivity index (χ4v) is 1.59. The molecule has 2 aromatic rings. The molecule has 1 N–H and O–H groups in total. The first kappa shape index (κ1) is 12.6. The number of benzene rings is 1. The third kappa shape index (κ3) is 2.68. The minimum Gasteiger partial charge on any atom is -0.386 e. The van der Waals surface area contributed by atoms with Crippen LogP contribution in [0.4, 0.5) is 8.78 Å². The number of hydrogen-bond donors (Lipinski definition) is 1. The van der Waals surface area contributed by atoms with Gasteiger partial charge in [-0.25, -0.2) is 8.78 Å². The van der Waals surface area contributed by atoms with Gasteiger partial charge in [0.2, 0.25) is 0 Å². The van der Waals surface area contributed by atoms with E-state index >= 15 is 0 Å². The van der Waals surface area contributed by atoms with Crippen LogP contribution >= 0.6 is 0 Å². The fourth-order valence-electron chi connectivity index (χ4n) is 1.59. The fraction of sp³-hybridized carbons (Fsp3) is 0.231. The maximum Gasteiger partial charge on any atom is 0.162 e. The molecule has 2 rings (SSSR count). The summed E-state index contributed by atoms with van der Waals surface area (Å²) < 4.78 is 26.4. The third-order valence-electron chi connectivity index (χ3n) is 2.59. The summed E-state index contributed by atoms with van der Waals surface area (Å²) in [7, 11) is 0. The van der Waals surface area contributed by atoms with Crippen molar-refractivity contribution in [1.29, 1.82) is 0 Å². The molecule has 0 amide bonds. The zero-order valence-electron chi connectivity index (χ0n) is 9.77. The molecule has 0 saturated carbocycles. The van der Waals surface area contributed by atoms with Crippen molar-refractivity contribution in [3.8, 4) is 0 Å². The summed E-state index contributed by atoms with van der Waals surface area (Å²) in [5, 5.41) is 9.89. The van der Waals surface area contributed by atoms with Crippen molar-refractivity contribution in [2.24, 2.45) is 0 Å². The summed E-state index contributed by atoms with van der Waals surface area (Å²) in [6.45, 7) is 1.77. The van der Waals surface area contributed by atoms with Gasteiger partial charge in [-0.1, -0.05) is 12.1 Å². The lowest BCUT2D eigenvalue weighted by Gasteiger charge is -2.10. The Morgan fingerprint density at radius 2 is 2.00 bits per heavy atom. The second kappa shape index (κ2) is 5.18. The van der Waals surface area contributed by atoms with E-state index < -0.39 is 17.7 Å². The Labute approximate surface area is 103 Å². The van der Waals surface area contributed by atoms with Crippen LogP contribution in [0.3, 0.4) is 0 Å². The number of aryl methyl sites for hydroxylation is 1. The molecule has 18 heavy (non-hydrogen) atoms. The summed E-state index contributed by atoms with van der Waals surface area (Å²) in [5.74, 6) is -1.86. The van der Waals surface area contributed by atoms with Crippen molar-refractivity contribution in [2.75, 3.05) is 0 Å². The van der Waals surface area contributed by atoms with Crippen LogP contribution in [0.5, 0.6) is 0 Å². The lowest BCUT2D eigenvalue weighted by atomic mass is 10.1. The first-order valence-electron chi connectivity index (χ1n) is 5.47. The summed E-state index contributed by atoms with van der Waals surface area (Å²) in [4.78, 5) is 7.99. The molecule has 1 unspecified atom stereocenters. The maximum absolute atomic E-state index is 13.4. The molecule has 1 heterocycles. The number of nitrogens with zero attached hydrogens (tertiary/aromatic N) is 2. The molecule has 0 radical (unpaired) electrons. The lowest BCUT2D eigenvalue weighted by Crippen LogP contribution is -2.07. The highest BCUT2D eigenvalue weighted by atomic mass is 19.2. The first-order chi connectivity index (χ1) is 8.58. The van der Waals surface area contributed by atoms with Gasteiger partial charge in [0.25, 0.3) is 0 Å². The normalized spacial score (nSPS) is 12.4. The van der Waals surface area contributed by atoms with Crippen LogP contribution in [0.25, 0.3) is 0 Å². The van der Waals surface area contributed by atoms with Gasteiger partial charge in [-0.2, -0.15) is 0 Å². The predicted octanol–water partition coefficient (Wildman–Crippen LogP) is 2.34. The van der Waals surface area contributed by atoms with Crippen LogP contribution in [0.15, 0.2) is 30.6 Å². The molecule has 3 nitrogen and oxygen atoms in total. The van der Waals surface area contributed by atoms with Crippen LogP contribution in [0.1, 0.15) is 23.1 Å². The van der Waals surface area contributed by atoms with Crippen molar-refractivity contribution in [3.63, 3.8) is 0 Å². The molecule has 1 atom stereocenters. The summed E-state index contributed by atoms with van der Waals surface area (Å²) >= 11 is 0. The van der Waals surface area contributed by atoms with E-state index in [1.54, 1.807) is 6.92 Å². The molecule has 0 fully saturated rings. The number of hydrogen-bond acceptors (Lipinski definition) is 3. The third-order valence-corrected chi connectivity index (χ3v) is 2.59. The molecule has 1 aromatic carbocycles. The number of halogens is 2. The Hall–Kier alpha value is -1.88. The Morgan fingerprint density at radius 3 is 2.67 bits per heavy atom. The first-order valence-corrected chi connectivity index (χ1v) is 5.47. The quantitative estimate of drug-likeness (QED) is 0.909. The average Bonchev–Trinajstić information content (AvgIpc) is 2.36. The second-order valence-corrected chi connectivity index (χ2v) is 4.02. The highest BCUT2D eigenvalue weighted by Crippen LogP contribution is 2.19. The molecule has 0 aliphatic heterocycles. The van der Waals surface area contributed by atoms with Crippen molar-refractivity contribution in [2.45, 2.75) is 19.4 Å². The molecule has 0 bridgehead atoms. The second-order valence-electron chi connectivity index (χ2n) is 4.02. The van der Waals surface area contributed by atoms with Gasteiger partial charge in [0.05, 0.1) is 17.6 Å². The SMILES string of the molecule is Cc1cnc(C(O)Cc2cccc(F)c2F)cn1. The van der Waals surface area contributed by atoms with Gasteiger partial charge in [-0.3, -0.25) is 9.97 Å². The number of aromatic nitrogens is 2. The number of aliphatic hydroxyl groups is 1. The van der Waals surface area contributed by atoms with E-state index in [9.17, 15) is 13.9 Å². The monoisotopic (exact) mass is 250 g/mol. The molecule has 1 aromatic heterocycles. The van der Waals surface area contributed by atoms with Crippen LogP contribution in [-0.2, 0) is 6.42 Å². The van der Waals surface area contributed by atoms with Crippen molar-refractivity contribution >= 4 is 0 Å². The average molecular weight is 250 g/mol. The van der Waals surface area contributed by atoms with E-state index in [1.807, 2.05) is 0 Å². The van der Waals surface area contributed by atoms with E-state index in [4.69, 9.17) is 0 Å². The minimum absolute atomic E-state index is 0.0403. The van der Waals surface area contributed by atoms with Gasteiger partial charge >= 0.3 is 0 Å². The number of aliphatic hydroxyl groups excluding tert-OH is 1. The van der Waals surface area contributed by atoms with E-state index in [0.717, 1.165) is 11.8 Å². The summed E-state index contributed by atoms with van der Waals surface area (Å²) in [6, 6.07) is 3.88. The van der Waals surface area contributed by atoms with E-state index in [1.165, 1.54) is 24.5 Å². The maximum atomic E-state index is 13.4.